The summed E-state index contributed by atoms with van der Waals surface area (Å²) in [4.78, 5) is 16.0. The molecule has 1 aromatic heterocycles. The van der Waals surface area contributed by atoms with Gasteiger partial charge in [-0.3, -0.25) is 9.36 Å². The van der Waals surface area contributed by atoms with Crippen LogP contribution in [0.1, 0.15) is 26.3 Å². The van der Waals surface area contributed by atoms with Crippen molar-refractivity contribution in [2.75, 3.05) is 13.2 Å². The van der Waals surface area contributed by atoms with Crippen molar-refractivity contribution in [3.05, 3.63) is 48.2 Å². The van der Waals surface area contributed by atoms with E-state index >= 15 is 0 Å². The number of alkyl halides is 3. The Morgan fingerprint density at radius 1 is 1.03 bits per heavy atom. The Bertz CT molecular complexity index is 877. The molecule has 1 aromatic carbocycles. The highest BCUT2D eigenvalue weighted by atomic mass is 31.2. The highest BCUT2D eigenvalue weighted by Crippen LogP contribution is 2.50. The summed E-state index contributed by atoms with van der Waals surface area (Å²) in [5, 5.41) is 0. The van der Waals surface area contributed by atoms with Crippen LogP contribution in [0, 0.1) is 0 Å². The Morgan fingerprint density at radius 3 is 2.07 bits per heavy atom. The van der Waals surface area contributed by atoms with Crippen LogP contribution in [-0.4, -0.2) is 29.8 Å². The molecule has 0 spiro atoms. The number of nitrogens with zero attached hydrogens (tertiary/aromatic N) is 1. The van der Waals surface area contributed by atoms with Crippen molar-refractivity contribution in [2.24, 2.45) is 0 Å². The predicted octanol–water partition coefficient (Wildman–Crippen LogP) is 5.45. The fourth-order valence-electron chi connectivity index (χ4n) is 2.30. The average molecular weight is 447 g/mol. The standard InChI is InChI=1S/C19H21F3NO6P/c1-4-26-30(25,27-5-2)18(24)13(3)28-15-7-9-16(10-8-15)29-17-11-6-14(12-23-17)19(20,21)22/h6-13H,4-5H2,1-3H3. The minimum atomic E-state index is -4.48. The highest BCUT2D eigenvalue weighted by molar-refractivity contribution is 7.72. The lowest BCUT2D eigenvalue weighted by Crippen LogP contribution is -2.25. The first-order chi connectivity index (χ1) is 14.1. The monoisotopic (exact) mass is 447 g/mol. The van der Waals surface area contributed by atoms with E-state index in [2.05, 4.69) is 4.98 Å². The van der Waals surface area contributed by atoms with Crippen LogP contribution in [0.5, 0.6) is 17.4 Å². The van der Waals surface area contributed by atoms with Gasteiger partial charge >= 0.3 is 13.8 Å². The van der Waals surface area contributed by atoms with Crippen LogP contribution in [0.25, 0.3) is 0 Å². The number of carbonyl (C=O) groups excluding carboxylic acids is 1. The predicted molar refractivity (Wildman–Crippen MR) is 102 cm³/mol. The van der Waals surface area contributed by atoms with Crippen molar-refractivity contribution in [3.63, 3.8) is 0 Å². The van der Waals surface area contributed by atoms with Gasteiger partial charge < -0.3 is 18.5 Å². The van der Waals surface area contributed by atoms with E-state index in [9.17, 15) is 22.5 Å². The highest BCUT2D eigenvalue weighted by Gasteiger charge is 2.39. The van der Waals surface area contributed by atoms with Crippen LogP contribution < -0.4 is 9.47 Å². The fourth-order valence-corrected chi connectivity index (χ4v) is 3.80. The van der Waals surface area contributed by atoms with Crippen LogP contribution in [0.3, 0.4) is 0 Å². The zero-order valence-electron chi connectivity index (χ0n) is 16.5. The minimum absolute atomic E-state index is 0.0189. The van der Waals surface area contributed by atoms with Crippen molar-refractivity contribution in [1.29, 1.82) is 0 Å². The Kier molecular flexibility index (Phi) is 8.00. The largest absolute Gasteiger partial charge is 0.482 e. The van der Waals surface area contributed by atoms with Gasteiger partial charge in [-0.1, -0.05) is 0 Å². The van der Waals surface area contributed by atoms with Gasteiger partial charge in [0.05, 0.1) is 18.8 Å². The molecule has 0 aliphatic rings. The molecule has 2 aromatic rings. The van der Waals surface area contributed by atoms with Crippen LogP contribution in [0.15, 0.2) is 42.6 Å². The third kappa shape index (κ3) is 6.29. The minimum Gasteiger partial charge on any atom is -0.482 e. The summed E-state index contributed by atoms with van der Waals surface area (Å²) in [5.74, 6) is 0.556. The maximum atomic E-state index is 12.6. The summed E-state index contributed by atoms with van der Waals surface area (Å²) in [7, 11) is -3.95. The van der Waals surface area contributed by atoms with Gasteiger partial charge in [-0.15, -0.1) is 0 Å². The SMILES string of the molecule is CCOP(=O)(OCC)C(=O)C(C)Oc1ccc(Oc2ccc(C(F)(F)F)cn2)cc1. The lowest BCUT2D eigenvalue weighted by atomic mass is 10.3. The van der Waals surface area contributed by atoms with Crippen molar-refractivity contribution in [1.82, 2.24) is 4.98 Å². The summed E-state index contributed by atoms with van der Waals surface area (Å²) in [6.07, 6.45) is -4.90. The molecule has 0 amide bonds. The van der Waals surface area contributed by atoms with Gasteiger partial charge in [0.25, 0.3) is 5.52 Å². The van der Waals surface area contributed by atoms with Crippen molar-refractivity contribution >= 4 is 13.1 Å². The molecule has 0 aliphatic carbocycles. The Labute approximate surface area is 171 Å². The van der Waals surface area contributed by atoms with Crippen LogP contribution >= 0.6 is 7.60 Å². The quantitative estimate of drug-likeness (QED) is 0.448. The lowest BCUT2D eigenvalue weighted by Gasteiger charge is -2.20. The molecule has 0 aliphatic heterocycles. The van der Waals surface area contributed by atoms with Gasteiger partial charge in [-0.05, 0) is 51.1 Å². The van der Waals surface area contributed by atoms with Gasteiger partial charge in [0.15, 0.2) is 6.10 Å². The number of hydrogen-bond acceptors (Lipinski definition) is 7. The number of pyridine rings is 1. The molecule has 11 heteroatoms. The molecule has 1 atom stereocenters. The smallest absolute Gasteiger partial charge is 0.417 e. The van der Waals surface area contributed by atoms with Crippen molar-refractivity contribution in [3.8, 4) is 17.4 Å². The number of halogens is 3. The zero-order chi connectivity index (χ0) is 22.4. The Morgan fingerprint density at radius 2 is 1.60 bits per heavy atom. The molecule has 0 saturated heterocycles. The van der Waals surface area contributed by atoms with Gasteiger partial charge in [-0.25, -0.2) is 4.98 Å². The number of ether oxygens (including phenoxy) is 2. The van der Waals surface area contributed by atoms with Crippen LogP contribution in [0.2, 0.25) is 0 Å². The van der Waals surface area contributed by atoms with E-state index in [0.29, 0.717) is 11.9 Å². The molecule has 0 fully saturated rings. The van der Waals surface area contributed by atoms with Gasteiger partial charge in [0.1, 0.15) is 11.5 Å². The second-order valence-corrected chi connectivity index (χ2v) is 7.84. The van der Waals surface area contributed by atoms with E-state index in [1.165, 1.54) is 31.2 Å². The normalized spacial score (nSPS) is 13.0. The average Bonchev–Trinajstić information content (AvgIpc) is 2.69. The molecular weight excluding hydrogens is 426 g/mol. The van der Waals surface area contributed by atoms with Gasteiger partial charge in [-0.2, -0.15) is 13.2 Å². The van der Waals surface area contributed by atoms with E-state index in [-0.39, 0.29) is 24.8 Å². The molecule has 2 rings (SSSR count). The second-order valence-electron chi connectivity index (χ2n) is 5.89. The van der Waals surface area contributed by atoms with Gasteiger partial charge in [0.2, 0.25) is 5.88 Å². The van der Waals surface area contributed by atoms with E-state index in [1.54, 1.807) is 13.8 Å². The summed E-state index contributed by atoms with van der Waals surface area (Å²) < 4.78 is 71.1. The number of carbonyl (C=O) groups is 1. The summed E-state index contributed by atoms with van der Waals surface area (Å²) in [6.45, 7) is 4.69. The second kappa shape index (κ2) is 10.1. The first-order valence-electron chi connectivity index (χ1n) is 9.00. The molecule has 0 radical (unpaired) electrons. The first kappa shape index (κ1) is 23.9. The molecule has 164 valence electrons. The summed E-state index contributed by atoms with van der Waals surface area (Å²) >= 11 is 0. The first-order valence-corrected chi connectivity index (χ1v) is 10.5. The Hall–Kier alpha value is -2.42. The van der Waals surface area contributed by atoms with E-state index in [0.717, 1.165) is 12.1 Å². The van der Waals surface area contributed by atoms with Crippen molar-refractivity contribution < 1.29 is 41.1 Å². The van der Waals surface area contributed by atoms with E-state index in [1.807, 2.05) is 0 Å². The van der Waals surface area contributed by atoms with Crippen LogP contribution in [0.4, 0.5) is 13.2 Å². The molecule has 0 bridgehead atoms. The van der Waals surface area contributed by atoms with Crippen LogP contribution in [-0.2, 0) is 24.6 Å². The fraction of sp³-hybridized carbons (Fsp3) is 0.368. The van der Waals surface area contributed by atoms with Gasteiger partial charge in [0, 0.05) is 12.3 Å². The van der Waals surface area contributed by atoms with Crippen molar-refractivity contribution in [2.45, 2.75) is 33.1 Å². The maximum Gasteiger partial charge on any atom is 0.417 e. The molecule has 1 unspecified atom stereocenters. The summed E-state index contributed by atoms with van der Waals surface area (Å²) in [6, 6.07) is 7.90. The maximum absolute atomic E-state index is 12.6. The number of benzene rings is 1. The van der Waals surface area contributed by atoms with E-state index < -0.39 is 31.0 Å². The number of rotatable bonds is 10. The third-order valence-corrected chi connectivity index (χ3v) is 5.74. The number of hydrogen-bond donors (Lipinski definition) is 0. The molecule has 30 heavy (non-hydrogen) atoms. The topological polar surface area (TPSA) is 84.0 Å². The molecule has 0 saturated carbocycles. The third-order valence-electron chi connectivity index (χ3n) is 3.64. The molecule has 1 heterocycles. The van der Waals surface area contributed by atoms with E-state index in [4.69, 9.17) is 18.5 Å². The molecular formula is C19H21F3NO6P. The lowest BCUT2D eigenvalue weighted by molar-refractivity contribution is -0.137. The number of aromatic nitrogens is 1. The molecule has 7 nitrogen and oxygen atoms in total. The zero-order valence-corrected chi connectivity index (χ0v) is 17.4. The Balaban J connectivity index is 2.01. The molecule has 0 N–H and O–H groups in total. The summed E-state index contributed by atoms with van der Waals surface area (Å²) in [5.41, 5.74) is -1.69.